The second-order valence-electron chi connectivity index (χ2n) is 18.3. The molecule has 332 valence electrons. The number of ether oxygens (including phenoxy) is 3. The number of rotatable bonds is 6. The third kappa shape index (κ3) is 8.68. The van der Waals surface area contributed by atoms with Crippen LogP contribution in [0.1, 0.15) is 78.9 Å². The summed E-state index contributed by atoms with van der Waals surface area (Å²) in [5.74, 6) is -2.97. The molecule has 19 heteroatoms. The van der Waals surface area contributed by atoms with Crippen molar-refractivity contribution in [3.63, 3.8) is 0 Å². The maximum Gasteiger partial charge on any atom is 0.417 e. The van der Waals surface area contributed by atoms with Crippen LogP contribution in [-0.4, -0.2) is 95.1 Å². The Hall–Kier alpha value is -5.35. The number of hydrogen-bond acceptors (Lipinski definition) is 11. The first-order chi connectivity index (χ1) is 28.9. The molecule has 3 atom stereocenters. The Bertz CT molecular complexity index is 2510. The molecule has 2 bridgehead atoms. The van der Waals surface area contributed by atoms with E-state index >= 15 is 22.0 Å². The number of fused-ring (bicyclic) bond motifs is 4. The minimum absolute atomic E-state index is 0.0739. The van der Waals surface area contributed by atoms with E-state index < -0.39 is 92.5 Å². The lowest BCUT2D eigenvalue weighted by atomic mass is 9.78. The highest BCUT2D eigenvalue weighted by molar-refractivity contribution is 7.23. The second kappa shape index (κ2) is 16.1. The van der Waals surface area contributed by atoms with Crippen molar-refractivity contribution < 1.29 is 50.1 Å². The molecule has 0 aliphatic carbocycles. The number of thiophene rings is 1. The van der Waals surface area contributed by atoms with Crippen LogP contribution in [0.3, 0.4) is 0 Å². The summed E-state index contributed by atoms with van der Waals surface area (Å²) in [7, 11) is 1.86. The van der Waals surface area contributed by atoms with Gasteiger partial charge in [0.05, 0.1) is 29.5 Å². The van der Waals surface area contributed by atoms with Crippen LogP contribution < -0.4 is 15.0 Å². The van der Waals surface area contributed by atoms with Gasteiger partial charge in [0.25, 0.3) is 0 Å². The number of anilines is 2. The van der Waals surface area contributed by atoms with Crippen molar-refractivity contribution in [3.05, 3.63) is 52.9 Å². The van der Waals surface area contributed by atoms with Gasteiger partial charge >= 0.3 is 24.4 Å². The number of carbonyl (C=O) groups excluding carboxylic acids is 2. The first-order valence-electron chi connectivity index (χ1n) is 20.1. The lowest BCUT2D eigenvalue weighted by molar-refractivity contribution is -0.137. The van der Waals surface area contributed by atoms with Crippen molar-refractivity contribution in [2.24, 2.45) is 5.41 Å². The van der Waals surface area contributed by atoms with Crippen LogP contribution in [0.25, 0.3) is 32.1 Å². The Morgan fingerprint density at radius 2 is 1.69 bits per heavy atom. The van der Waals surface area contributed by atoms with Gasteiger partial charge in [0.1, 0.15) is 46.0 Å². The summed E-state index contributed by atoms with van der Waals surface area (Å²) in [6.07, 6.45) is -4.77. The summed E-state index contributed by atoms with van der Waals surface area (Å²) in [6.45, 7) is 12.8. The number of halogens is 6. The highest BCUT2D eigenvalue weighted by Gasteiger charge is 2.46. The zero-order valence-corrected chi connectivity index (χ0v) is 36.3. The van der Waals surface area contributed by atoms with Gasteiger partial charge in [-0.1, -0.05) is 6.92 Å². The monoisotopic (exact) mass is 887 g/mol. The van der Waals surface area contributed by atoms with Gasteiger partial charge in [0, 0.05) is 58.2 Å². The topological polar surface area (TPSA) is 133 Å². The van der Waals surface area contributed by atoms with Crippen LogP contribution in [0.15, 0.2) is 30.1 Å². The van der Waals surface area contributed by atoms with Gasteiger partial charge in [-0.3, -0.25) is 10.2 Å². The van der Waals surface area contributed by atoms with Crippen molar-refractivity contribution >= 4 is 55.3 Å². The molecule has 3 saturated heterocycles. The summed E-state index contributed by atoms with van der Waals surface area (Å²) < 4.78 is 112. The quantitative estimate of drug-likeness (QED) is 0.187. The van der Waals surface area contributed by atoms with E-state index in [4.69, 9.17) is 14.2 Å². The van der Waals surface area contributed by atoms with Crippen molar-refractivity contribution in [2.75, 3.05) is 50.1 Å². The normalized spacial score (nSPS) is 21.7. The predicted molar refractivity (Wildman–Crippen MR) is 222 cm³/mol. The molecule has 3 aliphatic heterocycles. The number of aromatic nitrogens is 2. The number of amides is 2. The summed E-state index contributed by atoms with van der Waals surface area (Å²) >= 11 is 0.771. The molecule has 2 aromatic carbocycles. The minimum atomic E-state index is -5.29. The van der Waals surface area contributed by atoms with Crippen molar-refractivity contribution in [2.45, 2.75) is 97.2 Å². The molecule has 5 heterocycles. The zero-order chi connectivity index (χ0) is 45.3. The molecule has 0 saturated carbocycles. The maximum absolute atomic E-state index is 17.6. The van der Waals surface area contributed by atoms with E-state index in [1.165, 1.54) is 6.07 Å². The van der Waals surface area contributed by atoms with E-state index in [1.54, 1.807) is 58.3 Å². The van der Waals surface area contributed by atoms with E-state index in [2.05, 4.69) is 15.3 Å². The Balaban J connectivity index is 1.42. The molecule has 2 aromatic heterocycles. The van der Waals surface area contributed by atoms with E-state index in [-0.39, 0.29) is 46.0 Å². The van der Waals surface area contributed by atoms with Crippen LogP contribution in [0.4, 0.5) is 46.8 Å². The number of benzene rings is 2. The number of piperazine rings is 1. The Morgan fingerprint density at radius 3 is 2.29 bits per heavy atom. The smallest absolute Gasteiger partial charge is 0.417 e. The van der Waals surface area contributed by atoms with E-state index in [0.717, 1.165) is 17.4 Å². The van der Waals surface area contributed by atoms with Crippen LogP contribution >= 0.6 is 11.3 Å². The van der Waals surface area contributed by atoms with Crippen LogP contribution in [0, 0.1) is 28.4 Å². The van der Waals surface area contributed by atoms with Gasteiger partial charge in [0.2, 0.25) is 0 Å². The average molecular weight is 888 g/mol. The number of piperidine rings is 1. The molecule has 62 heavy (non-hydrogen) atoms. The molecule has 0 unspecified atom stereocenters. The lowest BCUT2D eigenvalue weighted by Crippen LogP contribution is -2.57. The lowest BCUT2D eigenvalue weighted by Gasteiger charge is -2.42. The molecular weight excluding hydrogens is 841 g/mol. The number of alkyl halides is 3. The van der Waals surface area contributed by atoms with Crippen LogP contribution in [0.5, 0.6) is 6.01 Å². The molecule has 1 N–H and O–H groups in total. The van der Waals surface area contributed by atoms with Crippen molar-refractivity contribution in [1.29, 1.82) is 5.26 Å². The number of nitrogens with zero attached hydrogens (tertiary/aromatic N) is 6. The molecule has 2 amide bonds. The Morgan fingerprint density at radius 1 is 1.03 bits per heavy atom. The van der Waals surface area contributed by atoms with Crippen LogP contribution in [-0.2, 0) is 15.7 Å². The predicted octanol–water partition coefficient (Wildman–Crippen LogP) is 10.2. The third-order valence-electron chi connectivity index (χ3n) is 11.2. The van der Waals surface area contributed by atoms with Crippen LogP contribution in [0.2, 0.25) is 0 Å². The molecule has 3 aliphatic rings. The fraction of sp³-hybridized carbons (Fsp3) is 0.512. The van der Waals surface area contributed by atoms with E-state index in [9.17, 15) is 19.2 Å². The van der Waals surface area contributed by atoms with Gasteiger partial charge in [-0.05, 0) is 91.6 Å². The molecular formula is C43H47F6N7O5S. The van der Waals surface area contributed by atoms with Gasteiger partial charge < -0.3 is 24.0 Å². The number of nitrogens with one attached hydrogen (secondary N) is 1. The maximum atomic E-state index is 17.6. The number of carbonyl (C=O) groups is 2. The summed E-state index contributed by atoms with van der Waals surface area (Å²) in [4.78, 5) is 40.2. The van der Waals surface area contributed by atoms with E-state index in [1.807, 2.05) is 18.0 Å². The summed E-state index contributed by atoms with van der Waals surface area (Å²) in [6, 6.07) is 3.28. The number of likely N-dealkylation sites (tertiary alicyclic amines) is 1. The average Bonchev–Trinajstić information content (AvgIpc) is 3.64. The molecule has 4 aromatic rings. The molecule has 0 spiro atoms. The fourth-order valence-corrected chi connectivity index (χ4v) is 9.64. The minimum Gasteiger partial charge on any atom is -0.462 e. The van der Waals surface area contributed by atoms with Gasteiger partial charge in [-0.15, -0.1) is 11.3 Å². The van der Waals surface area contributed by atoms with Gasteiger partial charge in [0.15, 0.2) is 5.82 Å². The first kappa shape index (κ1) is 44.7. The highest BCUT2D eigenvalue weighted by Crippen LogP contribution is 2.49. The van der Waals surface area contributed by atoms with Crippen molar-refractivity contribution in [1.82, 2.24) is 19.8 Å². The second-order valence-corrected chi connectivity index (χ2v) is 19.4. The Kier molecular flexibility index (Phi) is 11.6. The SMILES string of the molecule is CN1CC/C(=C\F)[C@](C)(COc2nc(N3C[C@H]4CC[C@@H](C3)N4C(=O)OC(C)(C)C)c3cc(C(F)(F)F)c(-c4c(F)ccc5sc(NC(=O)OC(C)(C)C)c(C#N)c45)c(F)c3n2)C1. The molecule has 12 nitrogen and oxygen atoms in total. The fourth-order valence-electron chi connectivity index (χ4n) is 8.59. The first-order valence-corrected chi connectivity index (χ1v) is 20.9. The van der Waals surface area contributed by atoms with Gasteiger partial charge in [-0.2, -0.15) is 28.4 Å². The van der Waals surface area contributed by atoms with Crippen molar-refractivity contribution in [3.8, 4) is 23.2 Å². The number of hydrogen-bond donors (Lipinski definition) is 1. The molecule has 0 radical (unpaired) electrons. The summed E-state index contributed by atoms with van der Waals surface area (Å²) in [5.41, 5.74) is -6.89. The number of nitriles is 1. The van der Waals surface area contributed by atoms with E-state index in [0.29, 0.717) is 50.3 Å². The molecule has 7 rings (SSSR count). The Labute approximate surface area is 358 Å². The zero-order valence-electron chi connectivity index (χ0n) is 35.5. The third-order valence-corrected chi connectivity index (χ3v) is 12.2. The summed E-state index contributed by atoms with van der Waals surface area (Å²) in [5, 5.41) is 11.9. The molecule has 3 fully saturated rings. The largest absolute Gasteiger partial charge is 0.462 e. The standard InChI is InChI=1S/C43H47F6N7O5S/c1-40(2,3)60-38(57)53-36-26(17-50)30-29(62-36)12-11-28(45)32(30)31-27(43(47,48)49)15-25-34(33(31)46)51-37(59-21-42(7)20-54(8)14-13-22(42)16-44)52-35(25)55-18-23-9-10-24(19-55)56(23)39(58)61-41(4,5)6/h11-12,15-16,23-24H,9-10,13-14,18-21H2,1-8H3,(H,53,57)/b22-16+/t23-,24+,42-/m0/s1. The van der Waals surface area contributed by atoms with Gasteiger partial charge in [-0.25, -0.2) is 22.8 Å². The highest BCUT2D eigenvalue weighted by atomic mass is 32.1.